The first-order valence-corrected chi connectivity index (χ1v) is 5.16. The van der Waals surface area contributed by atoms with Crippen LogP contribution in [-0.4, -0.2) is 22.9 Å². The number of ketones is 1. The van der Waals surface area contributed by atoms with Crippen molar-refractivity contribution in [3.63, 3.8) is 0 Å². The van der Waals surface area contributed by atoms with E-state index >= 15 is 0 Å². The molecule has 0 saturated carbocycles. The summed E-state index contributed by atoms with van der Waals surface area (Å²) in [6, 6.07) is 3.19. The third-order valence-corrected chi connectivity index (χ3v) is 2.30. The quantitative estimate of drug-likeness (QED) is 0.807. The van der Waals surface area contributed by atoms with Gasteiger partial charge in [-0.3, -0.25) is 4.79 Å². The minimum Gasteiger partial charge on any atom is -0.479 e. The Balaban J connectivity index is 2.41. The number of hydrogen-bond donors (Lipinski definition) is 0. The molecule has 0 fully saturated rings. The topological polar surface area (TPSA) is 65.2 Å². The van der Waals surface area contributed by atoms with Crippen LogP contribution in [0.25, 0.3) is 0 Å². The number of halogens is 1. The number of furan rings is 1. The Labute approximate surface area is 99.6 Å². The van der Waals surface area contributed by atoms with Crippen molar-refractivity contribution in [3.05, 3.63) is 40.7 Å². The molecule has 2 rings (SSSR count). The van der Waals surface area contributed by atoms with Gasteiger partial charge >= 0.3 is 0 Å². The molecule has 2 aromatic rings. The van der Waals surface area contributed by atoms with Crippen LogP contribution in [0.1, 0.15) is 16.2 Å². The second-order valence-corrected chi connectivity index (χ2v) is 3.63. The Morgan fingerprint density at radius 3 is 2.75 bits per heavy atom. The number of hydrogen-bond acceptors (Lipinski definition) is 5. The van der Waals surface area contributed by atoms with Crippen molar-refractivity contribution in [3.8, 4) is 5.88 Å². The highest BCUT2D eigenvalue weighted by molar-refractivity contribution is 9.10. The normalized spacial score (nSPS) is 10.1. The van der Waals surface area contributed by atoms with Gasteiger partial charge in [0.05, 0.1) is 7.11 Å². The summed E-state index contributed by atoms with van der Waals surface area (Å²) in [5, 5.41) is 0. The van der Waals surface area contributed by atoms with E-state index in [1.807, 2.05) is 0 Å². The standard InChI is InChI=1S/C10H7BrN2O3/c1-15-10-8(12-4-5-13-10)9(14)6-2-3-7(11)16-6/h2-5H,1H3. The Kier molecular flexibility index (Phi) is 3.00. The van der Waals surface area contributed by atoms with Gasteiger partial charge in [-0.05, 0) is 28.1 Å². The highest BCUT2D eigenvalue weighted by Gasteiger charge is 2.19. The van der Waals surface area contributed by atoms with Gasteiger partial charge in [0.25, 0.3) is 5.78 Å². The van der Waals surface area contributed by atoms with Gasteiger partial charge in [0.15, 0.2) is 16.1 Å². The number of methoxy groups -OCH3 is 1. The Morgan fingerprint density at radius 1 is 1.38 bits per heavy atom. The van der Waals surface area contributed by atoms with E-state index in [0.29, 0.717) is 4.67 Å². The molecule has 2 heterocycles. The molecule has 0 spiro atoms. The fourth-order valence-corrected chi connectivity index (χ4v) is 1.49. The molecule has 0 aromatic carbocycles. The number of ether oxygens (including phenoxy) is 1. The van der Waals surface area contributed by atoms with E-state index in [1.165, 1.54) is 19.5 Å². The molecule has 0 unspecified atom stereocenters. The largest absolute Gasteiger partial charge is 0.479 e. The highest BCUT2D eigenvalue weighted by Crippen LogP contribution is 2.20. The number of aromatic nitrogens is 2. The molecule has 0 aliphatic rings. The average Bonchev–Trinajstić information content (AvgIpc) is 2.75. The SMILES string of the molecule is COc1nccnc1C(=O)c1ccc(Br)o1. The van der Waals surface area contributed by atoms with Crippen molar-refractivity contribution in [2.45, 2.75) is 0 Å². The summed E-state index contributed by atoms with van der Waals surface area (Å²) in [4.78, 5) is 19.8. The summed E-state index contributed by atoms with van der Waals surface area (Å²) >= 11 is 3.12. The first-order chi connectivity index (χ1) is 7.72. The zero-order valence-corrected chi connectivity index (χ0v) is 9.89. The molecule has 0 bridgehead atoms. The molecule has 2 aromatic heterocycles. The third-order valence-electron chi connectivity index (χ3n) is 1.87. The third kappa shape index (κ3) is 1.96. The lowest BCUT2D eigenvalue weighted by Gasteiger charge is -2.02. The van der Waals surface area contributed by atoms with Gasteiger partial charge in [0.2, 0.25) is 5.88 Å². The van der Waals surface area contributed by atoms with E-state index in [9.17, 15) is 4.79 Å². The van der Waals surface area contributed by atoms with Gasteiger partial charge in [0.1, 0.15) is 0 Å². The summed E-state index contributed by atoms with van der Waals surface area (Å²) in [6.07, 6.45) is 2.88. The molecule has 0 radical (unpaired) electrons. The van der Waals surface area contributed by atoms with Crippen molar-refractivity contribution in [1.29, 1.82) is 0 Å². The van der Waals surface area contributed by atoms with Crippen molar-refractivity contribution in [2.75, 3.05) is 7.11 Å². The zero-order valence-electron chi connectivity index (χ0n) is 8.31. The summed E-state index contributed by atoms with van der Waals surface area (Å²) in [7, 11) is 1.43. The first kappa shape index (κ1) is 10.8. The van der Waals surface area contributed by atoms with E-state index in [-0.39, 0.29) is 23.1 Å². The molecule has 0 saturated heterocycles. The van der Waals surface area contributed by atoms with Crippen LogP contribution in [-0.2, 0) is 0 Å². The highest BCUT2D eigenvalue weighted by atomic mass is 79.9. The van der Waals surface area contributed by atoms with E-state index in [1.54, 1.807) is 12.1 Å². The predicted molar refractivity (Wildman–Crippen MR) is 58.4 cm³/mol. The second kappa shape index (κ2) is 4.44. The molecule has 0 N–H and O–H groups in total. The van der Waals surface area contributed by atoms with E-state index in [4.69, 9.17) is 9.15 Å². The minimum absolute atomic E-state index is 0.131. The maximum absolute atomic E-state index is 11.9. The Morgan fingerprint density at radius 2 is 2.12 bits per heavy atom. The van der Waals surface area contributed by atoms with E-state index < -0.39 is 0 Å². The zero-order chi connectivity index (χ0) is 11.5. The van der Waals surface area contributed by atoms with Gasteiger partial charge in [-0.15, -0.1) is 0 Å². The molecule has 0 aliphatic carbocycles. The molecule has 0 atom stereocenters. The van der Waals surface area contributed by atoms with Gasteiger partial charge < -0.3 is 9.15 Å². The monoisotopic (exact) mass is 282 g/mol. The molecule has 16 heavy (non-hydrogen) atoms. The van der Waals surface area contributed by atoms with Crippen molar-refractivity contribution >= 4 is 21.7 Å². The number of nitrogens with zero attached hydrogens (tertiary/aromatic N) is 2. The van der Waals surface area contributed by atoms with Crippen molar-refractivity contribution in [2.24, 2.45) is 0 Å². The number of carbonyl (C=O) groups is 1. The van der Waals surface area contributed by atoms with Gasteiger partial charge in [-0.25, -0.2) is 9.97 Å². The van der Waals surface area contributed by atoms with Crippen LogP contribution in [0.3, 0.4) is 0 Å². The van der Waals surface area contributed by atoms with Crippen molar-refractivity contribution in [1.82, 2.24) is 9.97 Å². The maximum atomic E-state index is 11.9. The van der Waals surface area contributed by atoms with Crippen molar-refractivity contribution < 1.29 is 13.9 Å². The first-order valence-electron chi connectivity index (χ1n) is 4.37. The summed E-state index contributed by atoms with van der Waals surface area (Å²) in [6.45, 7) is 0. The lowest BCUT2D eigenvalue weighted by atomic mass is 10.2. The lowest BCUT2D eigenvalue weighted by molar-refractivity contribution is 0.0999. The molecule has 82 valence electrons. The van der Waals surface area contributed by atoms with Crippen LogP contribution < -0.4 is 4.74 Å². The predicted octanol–water partition coefficient (Wildman–Crippen LogP) is 2.07. The van der Waals surface area contributed by atoms with Crippen LogP contribution in [0.5, 0.6) is 5.88 Å². The maximum Gasteiger partial charge on any atom is 0.252 e. The minimum atomic E-state index is -0.365. The lowest BCUT2D eigenvalue weighted by Crippen LogP contribution is -2.06. The van der Waals surface area contributed by atoms with Gasteiger partial charge in [-0.1, -0.05) is 0 Å². The molecular weight excluding hydrogens is 276 g/mol. The number of rotatable bonds is 3. The molecule has 6 heteroatoms. The second-order valence-electron chi connectivity index (χ2n) is 2.85. The summed E-state index contributed by atoms with van der Waals surface area (Å²) in [5.74, 6) is 0.00125. The van der Waals surface area contributed by atoms with Crippen LogP contribution in [0, 0.1) is 0 Å². The van der Waals surface area contributed by atoms with Gasteiger partial charge in [0, 0.05) is 12.4 Å². The van der Waals surface area contributed by atoms with E-state index in [0.717, 1.165) is 0 Å². The smallest absolute Gasteiger partial charge is 0.252 e. The van der Waals surface area contributed by atoms with Gasteiger partial charge in [-0.2, -0.15) is 0 Å². The average molecular weight is 283 g/mol. The number of carbonyl (C=O) groups excluding carboxylic acids is 1. The summed E-state index contributed by atoms with van der Waals surface area (Å²) < 4.78 is 10.6. The molecule has 0 amide bonds. The molecule has 5 nitrogen and oxygen atoms in total. The van der Waals surface area contributed by atoms with Crippen LogP contribution in [0.4, 0.5) is 0 Å². The van der Waals surface area contributed by atoms with Crippen LogP contribution in [0.2, 0.25) is 0 Å². The van der Waals surface area contributed by atoms with E-state index in [2.05, 4.69) is 25.9 Å². The fraction of sp³-hybridized carbons (Fsp3) is 0.100. The van der Waals surface area contributed by atoms with Crippen LogP contribution in [0.15, 0.2) is 33.6 Å². The Bertz CT molecular complexity index is 524. The fourth-order valence-electron chi connectivity index (χ4n) is 1.18. The molecule has 0 aliphatic heterocycles. The van der Waals surface area contributed by atoms with Crippen LogP contribution >= 0.6 is 15.9 Å². The Hall–Kier alpha value is -1.69. The molecular formula is C10H7BrN2O3. The summed E-state index contributed by atoms with van der Waals surface area (Å²) in [5.41, 5.74) is 0.131.